The van der Waals surface area contributed by atoms with Gasteiger partial charge in [-0.15, -0.1) is 0 Å². The standard InChI is InChI=1S/C6H15N3/c1-6(7)4-2-3-5-9(6)8/h2-5,7-8H2,1H3. The minimum absolute atomic E-state index is 0.252. The highest BCUT2D eigenvalue weighted by molar-refractivity contribution is 4.79. The van der Waals surface area contributed by atoms with Gasteiger partial charge in [0.15, 0.2) is 0 Å². The minimum atomic E-state index is -0.252. The van der Waals surface area contributed by atoms with Gasteiger partial charge in [0.2, 0.25) is 0 Å². The third kappa shape index (κ3) is 1.41. The van der Waals surface area contributed by atoms with Crippen LogP contribution >= 0.6 is 0 Å². The average Bonchev–Trinajstić information content (AvgIpc) is 1.77. The molecule has 54 valence electrons. The Morgan fingerprint density at radius 1 is 1.44 bits per heavy atom. The molecule has 0 aromatic carbocycles. The molecule has 1 fully saturated rings. The Balaban J connectivity index is 2.49. The van der Waals surface area contributed by atoms with Gasteiger partial charge in [0.1, 0.15) is 0 Å². The Bertz CT molecular complexity index is 100. The maximum Gasteiger partial charge on any atom is 0.0789 e. The lowest BCUT2D eigenvalue weighted by Crippen LogP contribution is -2.59. The molecule has 3 heteroatoms. The molecule has 0 saturated carbocycles. The second-order valence-electron chi connectivity index (χ2n) is 3.01. The number of hydrazine groups is 1. The summed E-state index contributed by atoms with van der Waals surface area (Å²) in [6, 6.07) is 0. The lowest BCUT2D eigenvalue weighted by atomic mass is 10.0. The van der Waals surface area contributed by atoms with Gasteiger partial charge in [0, 0.05) is 6.54 Å². The van der Waals surface area contributed by atoms with Crippen molar-refractivity contribution >= 4 is 0 Å². The fraction of sp³-hybridized carbons (Fsp3) is 1.00. The molecule has 1 atom stereocenters. The van der Waals surface area contributed by atoms with Gasteiger partial charge in [0.05, 0.1) is 5.66 Å². The number of nitrogens with two attached hydrogens (primary N) is 2. The summed E-state index contributed by atoms with van der Waals surface area (Å²) in [6.45, 7) is 2.92. The van der Waals surface area contributed by atoms with E-state index < -0.39 is 0 Å². The van der Waals surface area contributed by atoms with E-state index in [0.717, 1.165) is 13.0 Å². The predicted molar refractivity (Wildman–Crippen MR) is 37.3 cm³/mol. The number of piperidine rings is 1. The molecule has 0 aliphatic carbocycles. The van der Waals surface area contributed by atoms with Gasteiger partial charge >= 0.3 is 0 Å². The van der Waals surface area contributed by atoms with Crippen LogP contribution in [0, 0.1) is 0 Å². The van der Waals surface area contributed by atoms with Crippen LogP contribution in [0.1, 0.15) is 26.2 Å². The van der Waals surface area contributed by atoms with Crippen LogP contribution in [0.5, 0.6) is 0 Å². The first-order chi connectivity index (χ1) is 4.13. The molecule has 1 rings (SSSR count). The van der Waals surface area contributed by atoms with E-state index >= 15 is 0 Å². The van der Waals surface area contributed by atoms with Gasteiger partial charge < -0.3 is 5.73 Å². The van der Waals surface area contributed by atoms with Crippen molar-refractivity contribution in [3.63, 3.8) is 0 Å². The number of hydrogen-bond donors (Lipinski definition) is 2. The highest BCUT2D eigenvalue weighted by Crippen LogP contribution is 2.18. The Hall–Kier alpha value is -0.120. The van der Waals surface area contributed by atoms with Crippen molar-refractivity contribution in [2.75, 3.05) is 6.54 Å². The molecule has 0 aromatic rings. The van der Waals surface area contributed by atoms with Crippen LogP contribution < -0.4 is 11.6 Å². The smallest absolute Gasteiger partial charge is 0.0789 e. The summed E-state index contributed by atoms with van der Waals surface area (Å²) < 4.78 is 0. The van der Waals surface area contributed by atoms with Crippen LogP contribution in [0.2, 0.25) is 0 Å². The summed E-state index contributed by atoms with van der Waals surface area (Å²) in [4.78, 5) is 0. The molecule has 0 radical (unpaired) electrons. The summed E-state index contributed by atoms with van der Waals surface area (Å²) in [5.74, 6) is 5.62. The molecular formula is C6H15N3. The SMILES string of the molecule is CC1(N)CCCCN1N. The van der Waals surface area contributed by atoms with E-state index in [1.807, 2.05) is 6.92 Å². The van der Waals surface area contributed by atoms with E-state index in [2.05, 4.69) is 0 Å². The average molecular weight is 129 g/mol. The van der Waals surface area contributed by atoms with Crippen LogP contribution in [0.3, 0.4) is 0 Å². The molecule has 3 nitrogen and oxygen atoms in total. The molecule has 1 unspecified atom stereocenters. The quantitative estimate of drug-likeness (QED) is 0.453. The zero-order valence-electron chi connectivity index (χ0n) is 5.93. The van der Waals surface area contributed by atoms with Crippen LogP contribution in [0.15, 0.2) is 0 Å². The monoisotopic (exact) mass is 129 g/mol. The molecule has 0 spiro atoms. The van der Waals surface area contributed by atoms with E-state index in [0.29, 0.717) is 0 Å². The first-order valence-corrected chi connectivity index (χ1v) is 3.44. The number of hydrogen-bond acceptors (Lipinski definition) is 3. The van der Waals surface area contributed by atoms with Crippen LogP contribution in [-0.4, -0.2) is 17.2 Å². The zero-order chi connectivity index (χ0) is 6.91. The van der Waals surface area contributed by atoms with Crippen LogP contribution in [0.4, 0.5) is 0 Å². The van der Waals surface area contributed by atoms with Crippen LogP contribution in [0.25, 0.3) is 0 Å². The number of nitrogens with zero attached hydrogens (tertiary/aromatic N) is 1. The van der Waals surface area contributed by atoms with Gasteiger partial charge in [-0.1, -0.05) is 0 Å². The summed E-state index contributed by atoms with van der Waals surface area (Å²) in [5, 5.41) is 1.73. The van der Waals surface area contributed by atoms with Gasteiger partial charge in [-0.25, -0.2) is 5.01 Å². The first-order valence-electron chi connectivity index (χ1n) is 3.44. The molecule has 1 heterocycles. The normalized spacial score (nSPS) is 39.0. The van der Waals surface area contributed by atoms with Crippen molar-refractivity contribution in [1.29, 1.82) is 0 Å². The second-order valence-corrected chi connectivity index (χ2v) is 3.01. The Kier molecular flexibility index (Phi) is 1.75. The molecular weight excluding hydrogens is 114 g/mol. The van der Waals surface area contributed by atoms with Gasteiger partial charge in [-0.3, -0.25) is 5.84 Å². The molecule has 0 bridgehead atoms. The third-order valence-electron chi connectivity index (χ3n) is 1.99. The van der Waals surface area contributed by atoms with Crippen LogP contribution in [-0.2, 0) is 0 Å². The molecule has 0 amide bonds. The van der Waals surface area contributed by atoms with E-state index in [-0.39, 0.29) is 5.66 Å². The Morgan fingerprint density at radius 3 is 2.44 bits per heavy atom. The molecule has 1 aliphatic rings. The molecule has 1 aliphatic heterocycles. The lowest BCUT2D eigenvalue weighted by Gasteiger charge is -2.38. The molecule has 4 N–H and O–H groups in total. The highest BCUT2D eigenvalue weighted by Gasteiger charge is 2.27. The third-order valence-corrected chi connectivity index (χ3v) is 1.99. The zero-order valence-corrected chi connectivity index (χ0v) is 5.93. The minimum Gasteiger partial charge on any atom is -0.312 e. The van der Waals surface area contributed by atoms with Gasteiger partial charge in [-0.2, -0.15) is 0 Å². The predicted octanol–water partition coefficient (Wildman–Crippen LogP) is 0.0209. The van der Waals surface area contributed by atoms with E-state index in [9.17, 15) is 0 Å². The molecule has 1 saturated heterocycles. The molecule has 9 heavy (non-hydrogen) atoms. The molecule has 0 aromatic heterocycles. The second kappa shape index (κ2) is 2.25. The largest absolute Gasteiger partial charge is 0.312 e. The highest BCUT2D eigenvalue weighted by atomic mass is 15.5. The maximum absolute atomic E-state index is 5.82. The topological polar surface area (TPSA) is 55.3 Å². The lowest BCUT2D eigenvalue weighted by molar-refractivity contribution is 0.0670. The van der Waals surface area contributed by atoms with Crippen molar-refractivity contribution in [3.05, 3.63) is 0 Å². The summed E-state index contributed by atoms with van der Waals surface area (Å²) in [7, 11) is 0. The van der Waals surface area contributed by atoms with Crippen molar-refractivity contribution in [2.45, 2.75) is 31.8 Å². The van der Waals surface area contributed by atoms with Gasteiger partial charge in [-0.05, 0) is 26.2 Å². The number of rotatable bonds is 0. The van der Waals surface area contributed by atoms with E-state index in [1.54, 1.807) is 5.01 Å². The fourth-order valence-corrected chi connectivity index (χ4v) is 1.16. The Labute approximate surface area is 56.0 Å². The van der Waals surface area contributed by atoms with Crippen molar-refractivity contribution in [1.82, 2.24) is 5.01 Å². The van der Waals surface area contributed by atoms with Crippen molar-refractivity contribution in [2.24, 2.45) is 11.6 Å². The first kappa shape index (κ1) is 6.99. The Morgan fingerprint density at radius 2 is 2.11 bits per heavy atom. The summed E-state index contributed by atoms with van der Waals surface area (Å²) in [6.07, 6.45) is 3.41. The van der Waals surface area contributed by atoms with Crippen molar-refractivity contribution < 1.29 is 0 Å². The van der Waals surface area contributed by atoms with Crippen molar-refractivity contribution in [3.8, 4) is 0 Å². The fourth-order valence-electron chi connectivity index (χ4n) is 1.16. The van der Waals surface area contributed by atoms with E-state index in [1.165, 1.54) is 12.8 Å². The van der Waals surface area contributed by atoms with E-state index in [4.69, 9.17) is 11.6 Å². The summed E-state index contributed by atoms with van der Waals surface area (Å²) in [5.41, 5.74) is 5.57. The summed E-state index contributed by atoms with van der Waals surface area (Å²) >= 11 is 0. The van der Waals surface area contributed by atoms with Gasteiger partial charge in [0.25, 0.3) is 0 Å². The maximum atomic E-state index is 5.82.